The number of allylic oxidation sites excluding steroid dienone is 1. The second kappa shape index (κ2) is 15.9. The van der Waals surface area contributed by atoms with E-state index >= 15 is 0 Å². The van der Waals surface area contributed by atoms with Gasteiger partial charge in [0, 0.05) is 23.8 Å². The largest absolute Gasteiger partial charge is 0.494 e. The zero-order valence-corrected chi connectivity index (χ0v) is 34.9. The van der Waals surface area contributed by atoms with Gasteiger partial charge in [0.15, 0.2) is 11.3 Å². The number of rotatable bonds is 8. The van der Waals surface area contributed by atoms with Crippen LogP contribution in [0.2, 0.25) is 0 Å². The number of pyridine rings is 1. The van der Waals surface area contributed by atoms with Crippen molar-refractivity contribution in [3.05, 3.63) is 54.4 Å². The van der Waals surface area contributed by atoms with Gasteiger partial charge in [0.1, 0.15) is 52.0 Å². The predicted molar refractivity (Wildman–Crippen MR) is 219 cm³/mol. The van der Waals surface area contributed by atoms with E-state index in [0.717, 1.165) is 12.8 Å². The van der Waals surface area contributed by atoms with Crippen LogP contribution in [0.3, 0.4) is 0 Å². The van der Waals surface area contributed by atoms with Gasteiger partial charge in [-0.1, -0.05) is 25.0 Å². The molecule has 0 radical (unpaired) electrons. The fourth-order valence-corrected chi connectivity index (χ4v) is 9.56. The summed E-state index contributed by atoms with van der Waals surface area (Å²) < 4.78 is 67.1. The number of furan rings is 1. The zero-order valence-electron chi connectivity index (χ0n) is 34.0. The van der Waals surface area contributed by atoms with Crippen LogP contribution in [0.5, 0.6) is 11.5 Å². The minimum Gasteiger partial charge on any atom is -0.494 e. The monoisotopic (exact) mass is 847 g/mol. The van der Waals surface area contributed by atoms with E-state index in [9.17, 15) is 32.0 Å². The molecule has 17 heteroatoms. The van der Waals surface area contributed by atoms with Gasteiger partial charge in [-0.2, -0.15) is 0 Å². The molecule has 2 aromatic carbocycles. The number of sulfonamides is 1. The number of hydrogen-bond acceptors (Lipinski definition) is 11. The fourth-order valence-electron chi connectivity index (χ4n) is 8.20. The summed E-state index contributed by atoms with van der Waals surface area (Å²) in [4.78, 5) is 62.4. The average Bonchev–Trinajstić information content (AvgIpc) is 4.08. The Labute approximate surface area is 346 Å². The van der Waals surface area contributed by atoms with Crippen molar-refractivity contribution in [2.45, 2.75) is 120 Å². The van der Waals surface area contributed by atoms with Crippen molar-refractivity contribution in [2.24, 2.45) is 5.92 Å². The van der Waals surface area contributed by atoms with Crippen LogP contribution in [0.25, 0.3) is 33.0 Å². The fraction of sp³-hybridized carbons (Fsp3) is 0.512. The summed E-state index contributed by atoms with van der Waals surface area (Å²) in [5.74, 6) is -2.26. The number of aromatic nitrogens is 1. The normalized spacial score (nSPS) is 25.7. The van der Waals surface area contributed by atoms with Crippen LogP contribution >= 0.6 is 0 Å². The molecule has 0 bridgehead atoms. The van der Waals surface area contributed by atoms with Gasteiger partial charge in [-0.15, -0.1) is 0 Å². The molecule has 5 atom stereocenters. The molecular formula is C43H50FN5O10S. The molecule has 2 aliphatic heterocycles. The number of ether oxygens (including phenoxy) is 3. The first kappa shape index (κ1) is 41.3. The van der Waals surface area contributed by atoms with E-state index in [1.54, 1.807) is 39.0 Å². The van der Waals surface area contributed by atoms with Gasteiger partial charge >= 0.3 is 6.09 Å². The number of benzene rings is 2. The average molecular weight is 848 g/mol. The number of amides is 4. The van der Waals surface area contributed by atoms with Crippen LogP contribution in [0.15, 0.2) is 53.0 Å². The summed E-state index contributed by atoms with van der Waals surface area (Å²) in [5.41, 5.74) is -0.991. The van der Waals surface area contributed by atoms with Crippen LogP contribution in [0, 0.1) is 11.7 Å². The number of fused-ring (bicyclic) bond motifs is 6. The number of nitrogens with zero attached hydrogens (tertiary/aromatic N) is 2. The van der Waals surface area contributed by atoms with E-state index in [4.69, 9.17) is 23.6 Å². The smallest absolute Gasteiger partial charge is 0.408 e. The van der Waals surface area contributed by atoms with E-state index in [2.05, 4.69) is 15.4 Å². The van der Waals surface area contributed by atoms with E-state index in [1.165, 1.54) is 23.1 Å². The van der Waals surface area contributed by atoms with Gasteiger partial charge < -0.3 is 34.2 Å². The first-order chi connectivity index (χ1) is 28.5. The van der Waals surface area contributed by atoms with Gasteiger partial charge in [-0.05, 0) is 96.6 Å². The summed E-state index contributed by atoms with van der Waals surface area (Å²) in [6.07, 6.45) is 6.10. The quantitative estimate of drug-likeness (QED) is 0.178. The van der Waals surface area contributed by atoms with Crippen molar-refractivity contribution >= 4 is 66.8 Å². The Kier molecular flexibility index (Phi) is 10.9. The summed E-state index contributed by atoms with van der Waals surface area (Å²) in [6, 6.07) is 7.08. The summed E-state index contributed by atoms with van der Waals surface area (Å²) in [6.45, 7) is 7.30. The molecule has 1 saturated heterocycles. The molecule has 4 aromatic rings. The van der Waals surface area contributed by atoms with E-state index in [-0.39, 0.29) is 42.7 Å². The topological polar surface area (TPSA) is 195 Å². The van der Waals surface area contributed by atoms with Crippen molar-refractivity contribution in [1.82, 2.24) is 25.2 Å². The van der Waals surface area contributed by atoms with E-state index < -0.39 is 80.2 Å². The summed E-state index contributed by atoms with van der Waals surface area (Å²) in [7, 11) is -3.94. The standard InChI is InChI=1S/C43H50FN5O10S/c1-5-56-26-14-18-34-30(20-26)35-37(58-34)36(29-17-13-25(44)19-32(29)45-35)57-27-21-33-38(50)47-43(40(52)48-60(54,55)28-15-16-28)22-24(43)11-9-7-6-8-10-12-31(39(51)49(33)23-27)46-41(53)59-42(2,3)4/h9,11,13-14,17-20,24,27-28,31,33H,5-8,10,12,15-16,21-23H2,1-4H3,(H,46,53)(H,47,50)(H,48,52)/b11-9-/t24-,27-,31+,33+,43-/m1/s1. The first-order valence-electron chi connectivity index (χ1n) is 20.6. The number of halogens is 1. The molecule has 4 amide bonds. The molecular weight excluding hydrogens is 798 g/mol. The zero-order chi connectivity index (χ0) is 42.6. The van der Waals surface area contributed by atoms with Crippen LogP contribution in [0.1, 0.15) is 85.5 Å². The lowest BCUT2D eigenvalue weighted by atomic mass is 10.0. The molecule has 0 unspecified atom stereocenters. The van der Waals surface area contributed by atoms with Crippen LogP contribution in [-0.4, -0.2) is 89.8 Å². The Morgan fingerprint density at radius 2 is 1.87 bits per heavy atom. The predicted octanol–water partition coefficient (Wildman–Crippen LogP) is 5.92. The second-order valence-electron chi connectivity index (χ2n) is 17.2. The molecule has 3 N–H and O–H groups in total. The Morgan fingerprint density at radius 3 is 2.62 bits per heavy atom. The lowest BCUT2D eigenvalue weighted by Crippen LogP contribution is -2.58. The maximum atomic E-state index is 14.7. The molecule has 320 valence electrons. The SMILES string of the molecule is CCOc1ccc2oc3c(O[C@@H]4C[C@H]5C(=O)N[C@]6(C(=O)NS(=O)(=O)C7CC7)C[C@H]6/C=C\CCCCC[C@H](NC(=O)OC(C)(C)C)C(=O)N5C4)c4ccc(F)cc4nc3c2c1. The molecule has 4 aliphatic rings. The van der Waals surface area contributed by atoms with Crippen molar-refractivity contribution in [1.29, 1.82) is 0 Å². The third-order valence-electron chi connectivity index (χ3n) is 11.4. The van der Waals surface area contributed by atoms with Crippen molar-refractivity contribution in [2.75, 3.05) is 13.2 Å². The molecule has 2 aliphatic carbocycles. The minimum absolute atomic E-state index is 0.0590. The van der Waals surface area contributed by atoms with Crippen LogP contribution in [-0.2, 0) is 29.1 Å². The highest BCUT2D eigenvalue weighted by atomic mass is 32.2. The maximum absolute atomic E-state index is 14.7. The van der Waals surface area contributed by atoms with Gasteiger partial charge in [0.2, 0.25) is 21.8 Å². The van der Waals surface area contributed by atoms with E-state index in [1.807, 2.05) is 19.1 Å². The Balaban J connectivity index is 1.17. The number of hydrogen-bond donors (Lipinski definition) is 3. The van der Waals surface area contributed by atoms with Gasteiger partial charge in [0.05, 0.1) is 29.3 Å². The highest BCUT2D eigenvalue weighted by molar-refractivity contribution is 7.91. The first-order valence-corrected chi connectivity index (χ1v) is 22.2. The molecule has 3 fully saturated rings. The Hall–Kier alpha value is -5.45. The van der Waals surface area contributed by atoms with Crippen molar-refractivity contribution < 1.29 is 50.6 Å². The molecule has 2 aromatic heterocycles. The van der Waals surface area contributed by atoms with Gasteiger partial charge in [-0.25, -0.2) is 22.6 Å². The summed E-state index contributed by atoms with van der Waals surface area (Å²) >= 11 is 0. The molecule has 2 saturated carbocycles. The number of carbonyl (C=O) groups excluding carboxylic acids is 4. The number of carbonyl (C=O) groups is 4. The Bertz CT molecular complexity index is 2510. The third-order valence-corrected chi connectivity index (χ3v) is 13.2. The molecule has 4 heterocycles. The number of alkyl carbamates (subject to hydrolysis) is 1. The third kappa shape index (κ3) is 8.45. The highest BCUT2D eigenvalue weighted by Crippen LogP contribution is 2.46. The van der Waals surface area contributed by atoms with E-state index in [0.29, 0.717) is 59.9 Å². The van der Waals surface area contributed by atoms with Crippen LogP contribution < -0.4 is 24.8 Å². The van der Waals surface area contributed by atoms with Gasteiger partial charge in [-0.3, -0.25) is 19.1 Å². The molecule has 0 spiro atoms. The molecule has 15 nitrogen and oxygen atoms in total. The maximum Gasteiger partial charge on any atom is 0.408 e. The number of nitrogens with one attached hydrogen (secondary N) is 3. The summed E-state index contributed by atoms with van der Waals surface area (Å²) in [5, 5.41) is 5.98. The Morgan fingerprint density at radius 1 is 1.07 bits per heavy atom. The van der Waals surface area contributed by atoms with Crippen molar-refractivity contribution in [3.8, 4) is 11.5 Å². The highest BCUT2D eigenvalue weighted by Gasteiger charge is 2.62. The van der Waals surface area contributed by atoms with Crippen LogP contribution in [0.4, 0.5) is 9.18 Å². The second-order valence-corrected chi connectivity index (χ2v) is 19.1. The van der Waals surface area contributed by atoms with Crippen molar-refractivity contribution in [3.63, 3.8) is 0 Å². The lowest BCUT2D eigenvalue weighted by Gasteiger charge is -2.30. The molecule has 60 heavy (non-hydrogen) atoms. The molecule has 8 rings (SSSR count). The lowest BCUT2D eigenvalue weighted by molar-refractivity contribution is -0.141. The van der Waals surface area contributed by atoms with Gasteiger partial charge in [0.25, 0.3) is 5.91 Å². The minimum atomic E-state index is -3.94.